The molecule has 2 fully saturated rings. The molecule has 0 N–H and O–H groups in total. The lowest BCUT2D eigenvalue weighted by Gasteiger charge is -2.39. The van der Waals surface area contributed by atoms with E-state index in [9.17, 15) is 8.42 Å². The van der Waals surface area contributed by atoms with Crippen molar-refractivity contribution in [1.82, 2.24) is 18.4 Å². The van der Waals surface area contributed by atoms with Crippen molar-refractivity contribution in [1.29, 1.82) is 0 Å². The van der Waals surface area contributed by atoms with Gasteiger partial charge in [-0.2, -0.15) is 22.1 Å². The van der Waals surface area contributed by atoms with E-state index in [2.05, 4.69) is 18.9 Å². The summed E-state index contributed by atoms with van der Waals surface area (Å²) >= 11 is 0. The Bertz CT molecular complexity index is 635. The monoisotopic (exact) mass is 342 g/mol. The van der Waals surface area contributed by atoms with Crippen LogP contribution in [0.25, 0.3) is 0 Å². The molecule has 0 radical (unpaired) electrons. The van der Waals surface area contributed by atoms with Crippen LogP contribution in [0.3, 0.4) is 0 Å². The molecule has 0 saturated carbocycles. The molecule has 3 heterocycles. The van der Waals surface area contributed by atoms with Crippen LogP contribution in [0, 0.1) is 11.8 Å². The quantitative estimate of drug-likeness (QED) is 0.822. The van der Waals surface area contributed by atoms with Gasteiger partial charge in [-0.05, 0) is 18.3 Å². The summed E-state index contributed by atoms with van der Waals surface area (Å²) in [5.74, 6) is 0.812. The maximum absolute atomic E-state index is 13.0. The zero-order valence-electron chi connectivity index (χ0n) is 14.1. The van der Waals surface area contributed by atoms with E-state index in [0.717, 1.165) is 12.0 Å². The van der Waals surface area contributed by atoms with Crippen LogP contribution in [0.2, 0.25) is 0 Å². The van der Waals surface area contributed by atoms with Crippen LogP contribution in [0.15, 0.2) is 12.4 Å². The van der Waals surface area contributed by atoms with Crippen LogP contribution >= 0.6 is 0 Å². The van der Waals surface area contributed by atoms with E-state index in [1.165, 1.54) is 0 Å². The largest absolute Gasteiger partial charge is 0.371 e. The van der Waals surface area contributed by atoms with Crippen molar-refractivity contribution in [3.8, 4) is 0 Å². The Morgan fingerprint density at radius 3 is 2.48 bits per heavy atom. The lowest BCUT2D eigenvalue weighted by molar-refractivity contribution is -0.00501. The van der Waals surface area contributed by atoms with Gasteiger partial charge in [-0.1, -0.05) is 13.8 Å². The second-order valence-electron chi connectivity index (χ2n) is 6.94. The Hall–Kier alpha value is -0.960. The van der Waals surface area contributed by atoms with Gasteiger partial charge < -0.3 is 4.74 Å². The molecule has 7 nitrogen and oxygen atoms in total. The van der Waals surface area contributed by atoms with Crippen molar-refractivity contribution in [2.45, 2.75) is 26.4 Å². The minimum Gasteiger partial charge on any atom is -0.371 e. The summed E-state index contributed by atoms with van der Waals surface area (Å²) in [5.41, 5.74) is 0.924. The third kappa shape index (κ3) is 3.60. The van der Waals surface area contributed by atoms with Gasteiger partial charge in [0, 0.05) is 45.0 Å². The van der Waals surface area contributed by atoms with Gasteiger partial charge in [0.1, 0.15) is 0 Å². The smallest absolute Gasteiger partial charge is 0.282 e. The van der Waals surface area contributed by atoms with Gasteiger partial charge in [-0.15, -0.1) is 0 Å². The van der Waals surface area contributed by atoms with Crippen LogP contribution in [0.4, 0.5) is 0 Å². The third-order valence-corrected chi connectivity index (χ3v) is 6.55. The Balaban J connectivity index is 1.74. The molecule has 2 aliphatic heterocycles. The van der Waals surface area contributed by atoms with Gasteiger partial charge >= 0.3 is 0 Å². The van der Waals surface area contributed by atoms with Crippen molar-refractivity contribution < 1.29 is 13.2 Å². The average Bonchev–Trinajstić information content (AvgIpc) is 2.93. The van der Waals surface area contributed by atoms with E-state index in [-0.39, 0.29) is 6.10 Å². The van der Waals surface area contributed by atoms with Gasteiger partial charge in [0.05, 0.1) is 18.9 Å². The molecule has 3 atom stereocenters. The highest BCUT2D eigenvalue weighted by Gasteiger charge is 2.37. The summed E-state index contributed by atoms with van der Waals surface area (Å²) in [6, 6.07) is 0. The first kappa shape index (κ1) is 16.9. The van der Waals surface area contributed by atoms with Crippen LogP contribution in [-0.2, 0) is 22.0 Å². The number of hydrogen-bond acceptors (Lipinski definition) is 4. The molecule has 2 saturated heterocycles. The summed E-state index contributed by atoms with van der Waals surface area (Å²) in [6.45, 7) is 6.65. The molecule has 0 bridgehead atoms. The van der Waals surface area contributed by atoms with E-state index in [0.29, 0.717) is 44.6 Å². The van der Waals surface area contributed by atoms with Crippen molar-refractivity contribution in [3.63, 3.8) is 0 Å². The summed E-state index contributed by atoms with van der Waals surface area (Å²) in [6.07, 6.45) is 4.47. The summed E-state index contributed by atoms with van der Waals surface area (Å²) < 4.78 is 36.7. The third-order valence-electron chi connectivity index (χ3n) is 4.61. The highest BCUT2D eigenvalue weighted by atomic mass is 32.2. The molecule has 2 aliphatic rings. The Labute approximate surface area is 138 Å². The minimum atomic E-state index is -3.43. The SMILES string of the molecule is CC1CC(C)CN(S(=O)(=O)N2CCOC(c3cnn(C)c3)C2)C1. The second kappa shape index (κ2) is 6.51. The molecule has 0 amide bonds. The number of rotatable bonds is 3. The molecule has 8 heteroatoms. The Morgan fingerprint density at radius 1 is 1.17 bits per heavy atom. The number of aromatic nitrogens is 2. The Morgan fingerprint density at radius 2 is 1.87 bits per heavy atom. The van der Waals surface area contributed by atoms with Crippen LogP contribution < -0.4 is 0 Å². The molecule has 23 heavy (non-hydrogen) atoms. The van der Waals surface area contributed by atoms with Crippen molar-refractivity contribution in [2.75, 3.05) is 32.8 Å². The molecular weight excluding hydrogens is 316 g/mol. The fraction of sp³-hybridized carbons (Fsp3) is 0.800. The van der Waals surface area contributed by atoms with E-state index >= 15 is 0 Å². The number of piperidine rings is 1. The predicted molar refractivity (Wildman–Crippen MR) is 86.9 cm³/mol. The molecule has 0 aliphatic carbocycles. The van der Waals surface area contributed by atoms with Crippen LogP contribution in [0.1, 0.15) is 31.9 Å². The number of aryl methyl sites for hydroxylation is 1. The zero-order valence-corrected chi connectivity index (χ0v) is 14.9. The summed E-state index contributed by atoms with van der Waals surface area (Å²) in [7, 11) is -1.58. The molecular formula is C15H26N4O3S. The van der Waals surface area contributed by atoms with E-state index in [1.54, 1.807) is 19.5 Å². The number of morpholine rings is 1. The standard InChI is InChI=1S/C15H26N4O3S/c1-12-6-13(2)9-19(8-12)23(20,21)18-4-5-22-15(11-18)14-7-16-17(3)10-14/h7,10,12-13,15H,4-6,8-9,11H2,1-3H3. The van der Waals surface area contributed by atoms with Crippen LogP contribution in [-0.4, -0.2) is 59.6 Å². The average molecular weight is 342 g/mol. The van der Waals surface area contributed by atoms with Crippen molar-refractivity contribution in [2.24, 2.45) is 18.9 Å². The Kier molecular flexibility index (Phi) is 4.78. The minimum absolute atomic E-state index is 0.244. The number of hydrogen-bond donors (Lipinski definition) is 0. The predicted octanol–water partition coefficient (Wildman–Crippen LogP) is 1.02. The van der Waals surface area contributed by atoms with E-state index in [4.69, 9.17) is 4.74 Å². The second-order valence-corrected chi connectivity index (χ2v) is 8.86. The fourth-order valence-corrected chi connectivity index (χ4v) is 5.44. The maximum Gasteiger partial charge on any atom is 0.282 e. The normalized spacial score (nSPS) is 31.3. The summed E-state index contributed by atoms with van der Waals surface area (Å²) in [4.78, 5) is 0. The zero-order chi connectivity index (χ0) is 16.6. The lowest BCUT2D eigenvalue weighted by Crippen LogP contribution is -2.52. The van der Waals surface area contributed by atoms with Crippen molar-refractivity contribution >= 4 is 10.2 Å². The molecule has 0 spiro atoms. The van der Waals surface area contributed by atoms with Gasteiger partial charge in [0.15, 0.2) is 0 Å². The van der Waals surface area contributed by atoms with Gasteiger partial charge in [-0.25, -0.2) is 0 Å². The highest BCUT2D eigenvalue weighted by molar-refractivity contribution is 7.86. The molecule has 1 aromatic heterocycles. The van der Waals surface area contributed by atoms with Gasteiger partial charge in [-0.3, -0.25) is 4.68 Å². The number of ether oxygens (including phenoxy) is 1. The molecule has 3 unspecified atom stereocenters. The van der Waals surface area contributed by atoms with Gasteiger partial charge in [0.25, 0.3) is 10.2 Å². The molecule has 3 rings (SSSR count). The van der Waals surface area contributed by atoms with E-state index < -0.39 is 10.2 Å². The van der Waals surface area contributed by atoms with Crippen molar-refractivity contribution in [3.05, 3.63) is 18.0 Å². The highest BCUT2D eigenvalue weighted by Crippen LogP contribution is 2.28. The lowest BCUT2D eigenvalue weighted by atomic mass is 9.94. The first-order valence-corrected chi connectivity index (χ1v) is 9.61. The fourth-order valence-electron chi connectivity index (χ4n) is 3.60. The summed E-state index contributed by atoms with van der Waals surface area (Å²) in [5, 5.41) is 4.15. The molecule has 130 valence electrons. The first-order valence-electron chi connectivity index (χ1n) is 8.21. The van der Waals surface area contributed by atoms with E-state index in [1.807, 2.05) is 13.2 Å². The topological polar surface area (TPSA) is 67.7 Å². The van der Waals surface area contributed by atoms with Gasteiger partial charge in [0.2, 0.25) is 0 Å². The first-order chi connectivity index (χ1) is 10.9. The maximum atomic E-state index is 13.0. The van der Waals surface area contributed by atoms with Crippen LogP contribution in [0.5, 0.6) is 0 Å². The molecule has 1 aromatic rings. The number of nitrogens with zero attached hydrogens (tertiary/aromatic N) is 4. The molecule has 0 aromatic carbocycles.